The molecule has 0 N–H and O–H groups in total. The molecule has 1 spiro atoms. The second-order valence-electron chi connectivity index (χ2n) is 9.94. The van der Waals surface area contributed by atoms with Crippen molar-refractivity contribution in [2.75, 3.05) is 26.7 Å². The summed E-state index contributed by atoms with van der Waals surface area (Å²) in [6.07, 6.45) is 6.63. The fourth-order valence-corrected chi connectivity index (χ4v) is 5.66. The van der Waals surface area contributed by atoms with E-state index in [2.05, 4.69) is 22.1 Å². The lowest BCUT2D eigenvalue weighted by Crippen LogP contribution is -2.44. The first-order valence-corrected chi connectivity index (χ1v) is 11.8. The molecule has 3 aromatic rings. The summed E-state index contributed by atoms with van der Waals surface area (Å²) in [4.78, 5) is 26.8. The van der Waals surface area contributed by atoms with Crippen molar-refractivity contribution in [2.45, 2.75) is 50.5 Å². The Morgan fingerprint density at radius 2 is 1.91 bits per heavy atom. The second kappa shape index (κ2) is 7.66. The van der Waals surface area contributed by atoms with E-state index in [1.54, 1.807) is 0 Å². The highest BCUT2D eigenvalue weighted by Crippen LogP contribution is 2.48. The highest BCUT2D eigenvalue weighted by atomic mass is 16.5. The van der Waals surface area contributed by atoms with Crippen molar-refractivity contribution in [1.82, 2.24) is 24.9 Å². The summed E-state index contributed by atoms with van der Waals surface area (Å²) in [5.74, 6) is 2.17. The largest absolute Gasteiger partial charge is 0.339 e. The van der Waals surface area contributed by atoms with Gasteiger partial charge in [-0.15, -0.1) is 0 Å². The standard InChI is InChI=1S/C25H29N5O2/c1-29-16-25(15-21(29)22-27-23(32-28-22)18-6-4-7-18)11-13-30(14-12-25)24(31)20-10-9-17-5-2-3-8-19(17)26-20/h2-3,5,8-10,18,21H,4,6-7,11-16H2,1H3. The number of pyridine rings is 1. The van der Waals surface area contributed by atoms with Crippen LogP contribution >= 0.6 is 0 Å². The number of piperidine rings is 1. The normalized spacial score (nSPS) is 23.7. The van der Waals surface area contributed by atoms with Crippen LogP contribution in [0, 0.1) is 5.41 Å². The molecule has 1 unspecified atom stereocenters. The van der Waals surface area contributed by atoms with Crippen LogP contribution in [0.25, 0.3) is 10.9 Å². The number of carbonyl (C=O) groups is 1. The zero-order valence-electron chi connectivity index (χ0n) is 18.5. The lowest BCUT2D eigenvalue weighted by atomic mass is 9.76. The molecule has 0 bridgehead atoms. The van der Waals surface area contributed by atoms with Gasteiger partial charge in [0.05, 0.1) is 11.6 Å². The quantitative estimate of drug-likeness (QED) is 0.619. The van der Waals surface area contributed by atoms with Crippen molar-refractivity contribution < 1.29 is 9.32 Å². The van der Waals surface area contributed by atoms with Crippen LogP contribution in [0.3, 0.4) is 0 Å². The van der Waals surface area contributed by atoms with E-state index in [1.165, 1.54) is 19.3 Å². The maximum Gasteiger partial charge on any atom is 0.272 e. The van der Waals surface area contributed by atoms with Crippen molar-refractivity contribution in [3.8, 4) is 0 Å². The zero-order valence-corrected chi connectivity index (χ0v) is 18.5. The maximum atomic E-state index is 13.1. The molecule has 6 rings (SSSR count). The molecule has 1 atom stereocenters. The van der Waals surface area contributed by atoms with Crippen molar-refractivity contribution in [1.29, 1.82) is 0 Å². The summed E-state index contributed by atoms with van der Waals surface area (Å²) < 4.78 is 5.59. The monoisotopic (exact) mass is 431 g/mol. The summed E-state index contributed by atoms with van der Waals surface area (Å²) in [7, 11) is 2.16. The fourth-order valence-electron chi connectivity index (χ4n) is 5.66. The summed E-state index contributed by atoms with van der Waals surface area (Å²) in [5, 5.41) is 5.40. The van der Waals surface area contributed by atoms with Crippen molar-refractivity contribution in [2.24, 2.45) is 5.41 Å². The SMILES string of the molecule is CN1CC2(CCN(C(=O)c3ccc4ccccc4n3)CC2)CC1c1noc(C2CCC2)n1. The van der Waals surface area contributed by atoms with Crippen LogP contribution in [-0.2, 0) is 0 Å². The van der Waals surface area contributed by atoms with Crippen LogP contribution in [0.2, 0.25) is 0 Å². The van der Waals surface area contributed by atoms with E-state index in [1.807, 2.05) is 41.3 Å². The van der Waals surface area contributed by atoms with Crippen LogP contribution < -0.4 is 0 Å². The van der Waals surface area contributed by atoms with Crippen molar-refractivity contribution >= 4 is 16.8 Å². The highest BCUT2D eigenvalue weighted by Gasteiger charge is 2.47. The van der Waals surface area contributed by atoms with Crippen molar-refractivity contribution in [3.63, 3.8) is 0 Å². The maximum absolute atomic E-state index is 13.1. The summed E-state index contributed by atoms with van der Waals surface area (Å²) in [6, 6.07) is 12.0. The third-order valence-electron chi connectivity index (χ3n) is 7.88. The number of benzene rings is 1. The predicted octanol–water partition coefficient (Wildman–Crippen LogP) is 4.18. The molecule has 7 nitrogen and oxygen atoms in total. The van der Waals surface area contributed by atoms with E-state index >= 15 is 0 Å². The van der Waals surface area contributed by atoms with Crippen LogP contribution in [0.15, 0.2) is 40.9 Å². The Morgan fingerprint density at radius 1 is 1.09 bits per heavy atom. The Bertz CT molecular complexity index is 1150. The minimum Gasteiger partial charge on any atom is -0.339 e. The fraction of sp³-hybridized carbons (Fsp3) is 0.520. The zero-order chi connectivity index (χ0) is 21.7. The molecule has 1 aliphatic carbocycles. The van der Waals surface area contributed by atoms with Gasteiger partial charge in [0.25, 0.3) is 5.91 Å². The smallest absolute Gasteiger partial charge is 0.272 e. The number of hydrogen-bond donors (Lipinski definition) is 0. The Balaban J connectivity index is 1.12. The number of nitrogens with zero attached hydrogens (tertiary/aromatic N) is 5. The van der Waals surface area contributed by atoms with Crippen LogP contribution in [0.1, 0.15) is 72.7 Å². The summed E-state index contributed by atoms with van der Waals surface area (Å²) in [6.45, 7) is 2.56. The number of likely N-dealkylation sites (tertiary alicyclic amines) is 2. The lowest BCUT2D eigenvalue weighted by molar-refractivity contribution is 0.0588. The van der Waals surface area contributed by atoms with Gasteiger partial charge in [-0.05, 0) is 56.7 Å². The van der Waals surface area contributed by atoms with Gasteiger partial charge in [-0.3, -0.25) is 9.69 Å². The Kier molecular flexibility index (Phi) is 4.75. The molecule has 1 amide bonds. The lowest BCUT2D eigenvalue weighted by Gasteiger charge is -2.39. The van der Waals surface area contributed by atoms with Gasteiger partial charge in [-0.2, -0.15) is 4.98 Å². The van der Waals surface area contributed by atoms with E-state index < -0.39 is 0 Å². The van der Waals surface area contributed by atoms with E-state index in [9.17, 15) is 4.79 Å². The number of para-hydroxylation sites is 1. The minimum atomic E-state index is 0.0387. The Labute approximate surface area is 187 Å². The molecule has 4 heterocycles. The van der Waals surface area contributed by atoms with E-state index in [0.717, 1.165) is 61.5 Å². The molecule has 2 aliphatic heterocycles. The molecule has 3 fully saturated rings. The number of rotatable bonds is 3. The highest BCUT2D eigenvalue weighted by molar-refractivity contribution is 5.95. The predicted molar refractivity (Wildman–Crippen MR) is 120 cm³/mol. The number of fused-ring (bicyclic) bond motifs is 1. The average Bonchev–Trinajstić information content (AvgIpc) is 3.37. The second-order valence-corrected chi connectivity index (χ2v) is 9.94. The average molecular weight is 432 g/mol. The van der Waals surface area contributed by atoms with Crippen molar-refractivity contribution in [3.05, 3.63) is 53.8 Å². The number of carbonyl (C=O) groups excluding carboxylic acids is 1. The van der Waals surface area contributed by atoms with Gasteiger partial charge < -0.3 is 9.42 Å². The Hall–Kier alpha value is -2.80. The molecule has 166 valence electrons. The van der Waals surface area contributed by atoms with Crippen LogP contribution in [0.5, 0.6) is 0 Å². The molecule has 3 aliphatic rings. The first-order valence-electron chi connectivity index (χ1n) is 11.8. The number of hydrogen-bond acceptors (Lipinski definition) is 6. The van der Waals surface area contributed by atoms with Gasteiger partial charge in [0, 0.05) is 30.9 Å². The third kappa shape index (κ3) is 3.39. The first-order chi connectivity index (χ1) is 15.6. The third-order valence-corrected chi connectivity index (χ3v) is 7.88. The summed E-state index contributed by atoms with van der Waals surface area (Å²) >= 11 is 0. The molecule has 1 saturated carbocycles. The number of amides is 1. The molecule has 2 aromatic heterocycles. The molecule has 2 saturated heterocycles. The molecule has 7 heteroatoms. The molecular formula is C25H29N5O2. The van der Waals surface area contributed by atoms with Gasteiger partial charge >= 0.3 is 0 Å². The van der Waals surface area contributed by atoms with Crippen LogP contribution in [0.4, 0.5) is 0 Å². The molecule has 1 aromatic carbocycles. The Morgan fingerprint density at radius 3 is 2.69 bits per heavy atom. The molecule has 0 radical (unpaired) electrons. The first kappa shape index (κ1) is 19.9. The molecule has 32 heavy (non-hydrogen) atoms. The van der Waals surface area contributed by atoms with Gasteiger partial charge in [-0.1, -0.05) is 35.8 Å². The topological polar surface area (TPSA) is 75.4 Å². The number of aromatic nitrogens is 3. The van der Waals surface area contributed by atoms with E-state index in [-0.39, 0.29) is 17.4 Å². The van der Waals surface area contributed by atoms with E-state index in [0.29, 0.717) is 11.6 Å². The van der Waals surface area contributed by atoms with E-state index in [4.69, 9.17) is 9.51 Å². The molecular weight excluding hydrogens is 402 g/mol. The van der Waals surface area contributed by atoms with Crippen LogP contribution in [-0.4, -0.2) is 57.5 Å². The minimum absolute atomic E-state index is 0.0387. The van der Waals surface area contributed by atoms with Gasteiger partial charge in [-0.25, -0.2) is 4.98 Å². The van der Waals surface area contributed by atoms with Gasteiger partial charge in [0.2, 0.25) is 5.89 Å². The van der Waals surface area contributed by atoms with Gasteiger partial charge in [0.15, 0.2) is 5.82 Å². The summed E-state index contributed by atoms with van der Waals surface area (Å²) in [5.41, 5.74) is 1.62. The van der Waals surface area contributed by atoms with Gasteiger partial charge in [0.1, 0.15) is 5.69 Å².